The molecule has 0 saturated carbocycles. The van der Waals surface area contributed by atoms with Crippen LogP contribution in [0.4, 0.5) is 0 Å². The molecule has 0 unspecified atom stereocenters. The predicted octanol–water partition coefficient (Wildman–Crippen LogP) is 2.03. The van der Waals surface area contributed by atoms with Crippen LogP contribution in [-0.4, -0.2) is 29.9 Å². The number of amides is 1. The monoisotopic (exact) mass is 266 g/mol. The first-order chi connectivity index (χ1) is 8.25. The quantitative estimate of drug-likeness (QED) is 0.859. The van der Waals surface area contributed by atoms with E-state index in [1.807, 2.05) is 24.3 Å². The van der Waals surface area contributed by atoms with Crippen LogP contribution in [0.5, 0.6) is 0 Å². The molecule has 1 aliphatic heterocycles. The van der Waals surface area contributed by atoms with Crippen molar-refractivity contribution in [1.29, 1.82) is 0 Å². The first kappa shape index (κ1) is 12.9. The molecule has 0 bridgehead atoms. The zero-order valence-electron chi connectivity index (χ0n) is 9.83. The van der Waals surface area contributed by atoms with Gasteiger partial charge >= 0.3 is 0 Å². The number of rotatable bonds is 1. The highest BCUT2D eigenvalue weighted by Gasteiger charge is 2.26. The smallest absolute Gasteiger partial charge is 0.257 e. The van der Waals surface area contributed by atoms with Gasteiger partial charge in [-0.2, -0.15) is 0 Å². The SMILES string of the molecule is Cl.N[C@H]1CCN(C(=O)c2coc3ccccc23)C1. The summed E-state index contributed by atoms with van der Waals surface area (Å²) in [5.41, 5.74) is 7.20. The van der Waals surface area contributed by atoms with E-state index < -0.39 is 0 Å². The fraction of sp³-hybridized carbons (Fsp3) is 0.308. The summed E-state index contributed by atoms with van der Waals surface area (Å²) >= 11 is 0. The van der Waals surface area contributed by atoms with Gasteiger partial charge in [-0.3, -0.25) is 4.79 Å². The maximum Gasteiger partial charge on any atom is 0.257 e. The van der Waals surface area contributed by atoms with Crippen molar-refractivity contribution in [3.8, 4) is 0 Å². The number of hydrogen-bond acceptors (Lipinski definition) is 3. The largest absolute Gasteiger partial charge is 0.463 e. The Labute approximate surface area is 111 Å². The van der Waals surface area contributed by atoms with E-state index in [1.54, 1.807) is 4.90 Å². The molecule has 1 amide bonds. The molecule has 0 radical (unpaired) electrons. The molecule has 2 N–H and O–H groups in total. The molecule has 0 spiro atoms. The van der Waals surface area contributed by atoms with Crippen molar-refractivity contribution >= 4 is 29.3 Å². The standard InChI is InChI=1S/C13H14N2O2.ClH/c14-9-5-6-15(7-9)13(16)11-8-17-12-4-2-1-3-10(11)12;/h1-4,8-9H,5-7,14H2;1H/t9-;/m0./s1. The average molecular weight is 267 g/mol. The van der Waals surface area contributed by atoms with Crippen molar-refractivity contribution < 1.29 is 9.21 Å². The maximum absolute atomic E-state index is 12.3. The highest BCUT2D eigenvalue weighted by atomic mass is 35.5. The number of nitrogens with zero attached hydrogens (tertiary/aromatic N) is 1. The van der Waals surface area contributed by atoms with Crippen molar-refractivity contribution in [2.75, 3.05) is 13.1 Å². The predicted molar refractivity (Wildman–Crippen MR) is 72.0 cm³/mol. The normalized spacial score (nSPS) is 18.9. The molecule has 96 valence electrons. The molecule has 4 nitrogen and oxygen atoms in total. The highest BCUT2D eigenvalue weighted by molar-refractivity contribution is 6.05. The lowest BCUT2D eigenvalue weighted by molar-refractivity contribution is 0.0792. The van der Waals surface area contributed by atoms with Gasteiger partial charge in [0.25, 0.3) is 5.91 Å². The van der Waals surface area contributed by atoms with Crippen molar-refractivity contribution in [1.82, 2.24) is 4.90 Å². The molecule has 1 fully saturated rings. The first-order valence-corrected chi connectivity index (χ1v) is 5.77. The lowest BCUT2D eigenvalue weighted by atomic mass is 10.1. The van der Waals surface area contributed by atoms with Gasteiger partial charge in [-0.1, -0.05) is 18.2 Å². The number of carbonyl (C=O) groups is 1. The van der Waals surface area contributed by atoms with E-state index in [9.17, 15) is 4.79 Å². The third kappa shape index (κ3) is 2.09. The van der Waals surface area contributed by atoms with Gasteiger partial charge < -0.3 is 15.1 Å². The minimum absolute atomic E-state index is 0. The third-order valence-corrected chi connectivity index (χ3v) is 3.22. The number of nitrogens with two attached hydrogens (primary N) is 1. The number of para-hydroxylation sites is 1. The second-order valence-electron chi connectivity index (χ2n) is 4.45. The Morgan fingerprint density at radius 1 is 1.39 bits per heavy atom. The Bertz CT molecular complexity index is 567. The lowest BCUT2D eigenvalue weighted by Crippen LogP contribution is -2.31. The molecule has 3 rings (SSSR count). The van der Waals surface area contributed by atoms with Crippen molar-refractivity contribution in [3.05, 3.63) is 36.1 Å². The van der Waals surface area contributed by atoms with Crippen LogP contribution in [-0.2, 0) is 0 Å². The van der Waals surface area contributed by atoms with E-state index >= 15 is 0 Å². The van der Waals surface area contributed by atoms with Gasteiger partial charge in [0.2, 0.25) is 0 Å². The Kier molecular flexibility index (Phi) is 3.59. The fourth-order valence-corrected chi connectivity index (χ4v) is 2.29. The van der Waals surface area contributed by atoms with Gasteiger partial charge in [0.1, 0.15) is 11.8 Å². The van der Waals surface area contributed by atoms with Gasteiger partial charge in [0.15, 0.2) is 0 Å². The number of carbonyl (C=O) groups excluding carboxylic acids is 1. The Morgan fingerprint density at radius 2 is 2.17 bits per heavy atom. The van der Waals surface area contributed by atoms with E-state index in [0.717, 1.165) is 23.9 Å². The molecular weight excluding hydrogens is 252 g/mol. The summed E-state index contributed by atoms with van der Waals surface area (Å²) in [6, 6.07) is 7.68. The number of furan rings is 1. The third-order valence-electron chi connectivity index (χ3n) is 3.22. The molecule has 1 aliphatic rings. The minimum Gasteiger partial charge on any atom is -0.463 e. The van der Waals surface area contributed by atoms with Crippen LogP contribution in [0.1, 0.15) is 16.8 Å². The zero-order valence-corrected chi connectivity index (χ0v) is 10.7. The lowest BCUT2D eigenvalue weighted by Gasteiger charge is -2.14. The molecule has 2 aromatic rings. The minimum atomic E-state index is 0. The van der Waals surface area contributed by atoms with E-state index in [1.165, 1.54) is 6.26 Å². The first-order valence-electron chi connectivity index (χ1n) is 5.77. The van der Waals surface area contributed by atoms with Crippen LogP contribution >= 0.6 is 12.4 Å². The van der Waals surface area contributed by atoms with Crippen LogP contribution in [0.3, 0.4) is 0 Å². The average Bonchev–Trinajstić information content (AvgIpc) is 2.94. The summed E-state index contributed by atoms with van der Waals surface area (Å²) in [7, 11) is 0. The van der Waals surface area contributed by atoms with Crippen molar-refractivity contribution in [2.45, 2.75) is 12.5 Å². The molecule has 5 heteroatoms. The Morgan fingerprint density at radius 3 is 2.89 bits per heavy atom. The van der Waals surface area contributed by atoms with Crippen molar-refractivity contribution in [2.24, 2.45) is 5.73 Å². The summed E-state index contributed by atoms with van der Waals surface area (Å²) in [5.74, 6) is 0.0166. The van der Waals surface area contributed by atoms with Gasteiger partial charge in [-0.15, -0.1) is 12.4 Å². The summed E-state index contributed by atoms with van der Waals surface area (Å²) in [6.45, 7) is 1.37. The molecule has 1 aromatic carbocycles. The molecule has 0 aliphatic carbocycles. The summed E-state index contributed by atoms with van der Waals surface area (Å²) < 4.78 is 5.38. The van der Waals surface area contributed by atoms with Crippen LogP contribution in [0.25, 0.3) is 11.0 Å². The van der Waals surface area contributed by atoms with Gasteiger partial charge in [0.05, 0.1) is 5.56 Å². The molecule has 18 heavy (non-hydrogen) atoms. The van der Waals surface area contributed by atoms with Crippen LogP contribution in [0.2, 0.25) is 0 Å². The summed E-state index contributed by atoms with van der Waals surface area (Å²) in [6.07, 6.45) is 2.42. The molecule has 1 aromatic heterocycles. The highest BCUT2D eigenvalue weighted by Crippen LogP contribution is 2.23. The number of fused-ring (bicyclic) bond motifs is 1. The van der Waals surface area contributed by atoms with Gasteiger partial charge in [-0.05, 0) is 12.5 Å². The number of benzene rings is 1. The van der Waals surface area contributed by atoms with E-state index in [-0.39, 0.29) is 24.4 Å². The molecule has 1 atom stereocenters. The van der Waals surface area contributed by atoms with Gasteiger partial charge in [-0.25, -0.2) is 0 Å². The van der Waals surface area contributed by atoms with E-state index in [0.29, 0.717) is 12.1 Å². The molecule has 1 saturated heterocycles. The maximum atomic E-state index is 12.3. The topological polar surface area (TPSA) is 59.5 Å². The summed E-state index contributed by atoms with van der Waals surface area (Å²) in [5, 5.41) is 0.873. The van der Waals surface area contributed by atoms with Crippen LogP contribution < -0.4 is 5.73 Å². The number of likely N-dealkylation sites (tertiary alicyclic amines) is 1. The van der Waals surface area contributed by atoms with E-state index in [4.69, 9.17) is 10.2 Å². The Hall–Kier alpha value is -1.52. The second kappa shape index (κ2) is 5.00. The van der Waals surface area contributed by atoms with Crippen LogP contribution in [0.15, 0.2) is 34.9 Å². The number of halogens is 1. The zero-order chi connectivity index (χ0) is 11.8. The van der Waals surface area contributed by atoms with Crippen LogP contribution in [0, 0.1) is 0 Å². The molecular formula is C13H15ClN2O2. The van der Waals surface area contributed by atoms with Crippen molar-refractivity contribution in [3.63, 3.8) is 0 Å². The Balaban J connectivity index is 0.00000120. The van der Waals surface area contributed by atoms with Gasteiger partial charge in [0, 0.05) is 24.5 Å². The fourth-order valence-electron chi connectivity index (χ4n) is 2.29. The second-order valence-corrected chi connectivity index (χ2v) is 4.45. The number of hydrogen-bond donors (Lipinski definition) is 1. The molecule has 2 heterocycles. The van der Waals surface area contributed by atoms with E-state index in [2.05, 4.69) is 0 Å². The summed E-state index contributed by atoms with van der Waals surface area (Å²) in [4.78, 5) is 14.1.